The molecule has 0 saturated carbocycles. The fourth-order valence-corrected chi connectivity index (χ4v) is 4.00. The maximum Gasteiger partial charge on any atom is 0.328 e. The Morgan fingerprint density at radius 1 is 0.784 bits per heavy atom. The Morgan fingerprint density at radius 3 is 1.78 bits per heavy atom. The first-order chi connectivity index (χ1) is 17.7. The third kappa shape index (κ3) is 10.2. The highest BCUT2D eigenvalue weighted by molar-refractivity contribution is 7.98. The molecule has 37 heavy (non-hydrogen) atoms. The third-order valence-electron chi connectivity index (χ3n) is 5.59. The van der Waals surface area contributed by atoms with Gasteiger partial charge in [-0.2, -0.15) is 11.8 Å². The minimum atomic E-state index is -1.50. The molecule has 0 fully saturated rings. The molecule has 7 N–H and O–H groups in total. The molecule has 3 amide bonds. The number of hydrogen-bond acceptors (Lipinski definition) is 7. The lowest BCUT2D eigenvalue weighted by Crippen LogP contribution is -2.58. The molecule has 4 atom stereocenters. The highest BCUT2D eigenvalue weighted by atomic mass is 32.2. The van der Waals surface area contributed by atoms with Crippen molar-refractivity contribution >= 4 is 35.5 Å². The number of nitrogens with two attached hydrogens (primary N) is 1. The van der Waals surface area contributed by atoms with Crippen molar-refractivity contribution in [1.29, 1.82) is 0 Å². The van der Waals surface area contributed by atoms with E-state index in [9.17, 15) is 24.3 Å². The molecule has 2 aromatic rings. The van der Waals surface area contributed by atoms with Crippen molar-refractivity contribution in [3.63, 3.8) is 0 Å². The van der Waals surface area contributed by atoms with E-state index in [1.807, 2.05) is 66.9 Å². The first kappa shape index (κ1) is 29.8. The van der Waals surface area contributed by atoms with E-state index in [4.69, 9.17) is 10.8 Å². The molecular formula is C26H34N4O6S. The number of thioether (sulfide) groups is 1. The number of aliphatic carboxylic acids is 1. The average Bonchev–Trinajstić information content (AvgIpc) is 2.89. The van der Waals surface area contributed by atoms with Gasteiger partial charge in [0.25, 0.3) is 0 Å². The molecule has 2 aromatic carbocycles. The largest absolute Gasteiger partial charge is 0.480 e. The van der Waals surface area contributed by atoms with Crippen molar-refractivity contribution in [1.82, 2.24) is 16.0 Å². The molecule has 0 aliphatic carbocycles. The predicted octanol–water partition coefficient (Wildman–Crippen LogP) is 0.0835. The van der Waals surface area contributed by atoms with Crippen molar-refractivity contribution in [2.75, 3.05) is 18.6 Å². The second kappa shape index (κ2) is 15.6. The molecule has 0 radical (unpaired) electrons. The van der Waals surface area contributed by atoms with Crippen LogP contribution < -0.4 is 21.7 Å². The van der Waals surface area contributed by atoms with Gasteiger partial charge in [0, 0.05) is 6.42 Å². The number of nitrogens with one attached hydrogen (secondary N) is 3. The number of amides is 3. The standard InChI is InChI=1S/C26H34N4O6S/c1-37-13-12-20(24(33)30-22(16-31)26(35)36)28-25(34)21(15-18-10-6-3-7-11-18)29-23(32)19(27)14-17-8-4-2-5-9-17/h2-11,19-22,31H,12-16,27H2,1H3,(H,28,34)(H,29,32)(H,30,33)(H,35,36). The molecule has 2 rings (SSSR count). The van der Waals surface area contributed by atoms with Crippen LogP contribution in [0, 0.1) is 0 Å². The van der Waals surface area contributed by atoms with E-state index in [2.05, 4.69) is 16.0 Å². The summed E-state index contributed by atoms with van der Waals surface area (Å²) in [6.07, 6.45) is 2.48. The van der Waals surface area contributed by atoms with E-state index in [0.717, 1.165) is 11.1 Å². The van der Waals surface area contributed by atoms with Crippen molar-refractivity contribution in [3.05, 3.63) is 71.8 Å². The SMILES string of the molecule is CSCCC(NC(=O)C(Cc1ccccc1)NC(=O)C(N)Cc1ccccc1)C(=O)NC(CO)C(=O)O. The Kier molecular flexibility index (Phi) is 12.6. The van der Waals surface area contributed by atoms with Gasteiger partial charge < -0.3 is 31.9 Å². The molecule has 200 valence electrons. The predicted molar refractivity (Wildman–Crippen MR) is 142 cm³/mol. The van der Waals surface area contributed by atoms with Crippen molar-refractivity contribution in [3.8, 4) is 0 Å². The summed E-state index contributed by atoms with van der Waals surface area (Å²) in [4.78, 5) is 50.2. The van der Waals surface area contributed by atoms with Crippen LogP contribution in [-0.4, -0.2) is 76.7 Å². The number of benzene rings is 2. The summed E-state index contributed by atoms with van der Waals surface area (Å²) in [7, 11) is 0. The van der Waals surface area contributed by atoms with Gasteiger partial charge in [0.1, 0.15) is 18.1 Å². The minimum absolute atomic E-state index is 0.154. The van der Waals surface area contributed by atoms with Crippen LogP contribution in [0.15, 0.2) is 60.7 Å². The number of carbonyl (C=O) groups excluding carboxylic acids is 3. The van der Waals surface area contributed by atoms with Gasteiger partial charge in [-0.1, -0.05) is 60.7 Å². The zero-order valence-electron chi connectivity index (χ0n) is 20.6. The molecule has 4 unspecified atom stereocenters. The number of carboxylic acid groups (broad SMARTS) is 1. The lowest BCUT2D eigenvalue weighted by atomic mass is 10.0. The zero-order valence-corrected chi connectivity index (χ0v) is 21.4. The fourth-order valence-electron chi connectivity index (χ4n) is 3.53. The van der Waals surface area contributed by atoms with Crippen molar-refractivity contribution < 1.29 is 29.4 Å². The van der Waals surface area contributed by atoms with Crippen LogP contribution in [-0.2, 0) is 32.0 Å². The summed E-state index contributed by atoms with van der Waals surface area (Å²) in [5.41, 5.74) is 7.78. The van der Waals surface area contributed by atoms with Gasteiger partial charge in [-0.25, -0.2) is 4.79 Å². The fraction of sp³-hybridized carbons (Fsp3) is 0.385. The molecule has 0 saturated heterocycles. The smallest absolute Gasteiger partial charge is 0.328 e. The van der Waals surface area contributed by atoms with E-state index >= 15 is 0 Å². The molecule has 0 aliphatic rings. The maximum atomic E-state index is 13.3. The Bertz CT molecular complexity index is 1020. The Labute approximate surface area is 220 Å². The van der Waals surface area contributed by atoms with Gasteiger partial charge in [0.15, 0.2) is 0 Å². The van der Waals surface area contributed by atoms with E-state index < -0.39 is 54.5 Å². The molecule has 0 spiro atoms. The average molecular weight is 531 g/mol. The summed E-state index contributed by atoms with van der Waals surface area (Å²) in [6.45, 7) is -0.795. The summed E-state index contributed by atoms with van der Waals surface area (Å²) >= 11 is 1.45. The number of aliphatic hydroxyl groups is 1. The Balaban J connectivity index is 2.18. The van der Waals surface area contributed by atoms with E-state index in [0.29, 0.717) is 5.75 Å². The van der Waals surface area contributed by atoms with E-state index in [1.165, 1.54) is 11.8 Å². The molecule has 0 bridgehead atoms. The Morgan fingerprint density at radius 2 is 1.27 bits per heavy atom. The lowest BCUT2D eigenvalue weighted by Gasteiger charge is -2.25. The number of carbonyl (C=O) groups is 4. The quantitative estimate of drug-likeness (QED) is 0.188. The maximum absolute atomic E-state index is 13.3. The van der Waals surface area contributed by atoms with Crippen LogP contribution in [0.3, 0.4) is 0 Å². The number of carboxylic acids is 1. The second-order valence-electron chi connectivity index (χ2n) is 8.47. The molecule has 11 heteroatoms. The highest BCUT2D eigenvalue weighted by Crippen LogP contribution is 2.08. The third-order valence-corrected chi connectivity index (χ3v) is 6.24. The van der Waals surface area contributed by atoms with Crippen LogP contribution in [0.2, 0.25) is 0 Å². The number of hydrogen-bond donors (Lipinski definition) is 6. The first-order valence-corrected chi connectivity index (χ1v) is 13.2. The molecule has 10 nitrogen and oxygen atoms in total. The topological polar surface area (TPSA) is 171 Å². The van der Waals surface area contributed by atoms with Crippen LogP contribution >= 0.6 is 11.8 Å². The monoisotopic (exact) mass is 530 g/mol. The van der Waals surface area contributed by atoms with Gasteiger partial charge in [-0.05, 0) is 36.0 Å². The summed E-state index contributed by atoms with van der Waals surface area (Å²) in [6, 6.07) is 13.8. The molecule has 0 aromatic heterocycles. The molecular weight excluding hydrogens is 496 g/mol. The molecule has 0 heterocycles. The van der Waals surface area contributed by atoms with Gasteiger partial charge in [0.2, 0.25) is 17.7 Å². The lowest BCUT2D eigenvalue weighted by molar-refractivity contribution is -0.143. The summed E-state index contributed by atoms with van der Waals surface area (Å²) in [5, 5.41) is 26.0. The Hall–Kier alpha value is -3.41. The number of rotatable bonds is 15. The van der Waals surface area contributed by atoms with Gasteiger partial charge in [0.05, 0.1) is 12.6 Å². The number of aliphatic hydroxyl groups excluding tert-OH is 1. The van der Waals surface area contributed by atoms with Gasteiger partial charge in [-0.15, -0.1) is 0 Å². The van der Waals surface area contributed by atoms with Crippen LogP contribution in [0.1, 0.15) is 17.5 Å². The van der Waals surface area contributed by atoms with Gasteiger partial charge >= 0.3 is 5.97 Å². The zero-order chi connectivity index (χ0) is 27.2. The summed E-state index contributed by atoms with van der Waals surface area (Å²) < 4.78 is 0. The highest BCUT2D eigenvalue weighted by Gasteiger charge is 2.30. The molecule has 0 aliphatic heterocycles. The second-order valence-corrected chi connectivity index (χ2v) is 9.46. The normalized spacial score (nSPS) is 14.0. The van der Waals surface area contributed by atoms with Crippen LogP contribution in [0.5, 0.6) is 0 Å². The minimum Gasteiger partial charge on any atom is -0.480 e. The van der Waals surface area contributed by atoms with Gasteiger partial charge in [-0.3, -0.25) is 14.4 Å². The van der Waals surface area contributed by atoms with Crippen molar-refractivity contribution in [2.24, 2.45) is 5.73 Å². The van der Waals surface area contributed by atoms with E-state index in [-0.39, 0.29) is 19.3 Å². The van der Waals surface area contributed by atoms with Crippen LogP contribution in [0.25, 0.3) is 0 Å². The van der Waals surface area contributed by atoms with Crippen molar-refractivity contribution in [2.45, 2.75) is 43.4 Å². The van der Waals surface area contributed by atoms with Crippen LogP contribution in [0.4, 0.5) is 0 Å². The summed E-state index contributed by atoms with van der Waals surface area (Å²) in [5.74, 6) is -2.76. The first-order valence-electron chi connectivity index (χ1n) is 11.8. The van der Waals surface area contributed by atoms with E-state index in [1.54, 1.807) is 0 Å².